The molecule has 0 bridgehead atoms. The summed E-state index contributed by atoms with van der Waals surface area (Å²) in [5.74, 6) is 3.40. The maximum atomic E-state index is 5.78. The first kappa shape index (κ1) is 24.8. The quantitative estimate of drug-likeness (QED) is 0.227. The number of halogens is 1. The molecular weight excluding hydrogens is 469 g/mol. The monoisotopic (exact) mass is 505 g/mol. The van der Waals surface area contributed by atoms with E-state index >= 15 is 0 Å². The van der Waals surface area contributed by atoms with Crippen LogP contribution in [0.15, 0.2) is 29.3 Å². The van der Waals surface area contributed by atoms with Crippen LogP contribution in [0.2, 0.25) is 0 Å². The number of methoxy groups -OCH3 is 1. The van der Waals surface area contributed by atoms with Crippen LogP contribution in [0, 0.1) is 5.92 Å². The van der Waals surface area contributed by atoms with Gasteiger partial charge in [0, 0.05) is 52.4 Å². The molecule has 1 aromatic carbocycles. The Hall–Kier alpha value is -1.22. The van der Waals surface area contributed by atoms with Gasteiger partial charge in [0.1, 0.15) is 11.5 Å². The van der Waals surface area contributed by atoms with Crippen molar-refractivity contribution < 1.29 is 14.2 Å². The predicted octanol–water partition coefficient (Wildman–Crippen LogP) is 3.80. The van der Waals surface area contributed by atoms with Crippen LogP contribution in [0.5, 0.6) is 11.5 Å². The Kier molecular flexibility index (Phi) is 13.1. The summed E-state index contributed by atoms with van der Waals surface area (Å²) < 4.78 is 16.4. The zero-order valence-corrected chi connectivity index (χ0v) is 19.8. The summed E-state index contributed by atoms with van der Waals surface area (Å²) in [6.07, 6.45) is 4.44. The number of ether oxygens (including phenoxy) is 3. The van der Waals surface area contributed by atoms with Crippen molar-refractivity contribution in [1.82, 2.24) is 10.2 Å². The number of guanidine groups is 1. The third kappa shape index (κ3) is 9.32. The van der Waals surface area contributed by atoms with Gasteiger partial charge in [-0.2, -0.15) is 0 Å². The summed E-state index contributed by atoms with van der Waals surface area (Å²) in [5, 5.41) is 3.39. The Bertz CT molecular complexity index is 566. The third-order valence-corrected chi connectivity index (χ3v) is 4.78. The Morgan fingerprint density at radius 3 is 2.75 bits per heavy atom. The molecule has 1 aliphatic heterocycles. The molecule has 1 fully saturated rings. The lowest BCUT2D eigenvalue weighted by molar-refractivity contribution is 0.0625. The van der Waals surface area contributed by atoms with Gasteiger partial charge in [-0.1, -0.05) is 6.07 Å². The number of nitrogens with zero attached hydrogens (tertiary/aromatic N) is 2. The molecule has 1 N–H and O–H groups in total. The molecule has 0 saturated carbocycles. The Labute approximate surface area is 187 Å². The fraction of sp³-hybridized carbons (Fsp3) is 0.667. The lowest BCUT2D eigenvalue weighted by Crippen LogP contribution is -2.40. The van der Waals surface area contributed by atoms with E-state index in [2.05, 4.69) is 24.2 Å². The second kappa shape index (κ2) is 14.7. The first-order valence-corrected chi connectivity index (χ1v) is 10.1. The minimum atomic E-state index is 0. The number of hydrogen-bond donors (Lipinski definition) is 1. The highest BCUT2D eigenvalue weighted by atomic mass is 127. The average molecular weight is 505 g/mol. The van der Waals surface area contributed by atoms with Crippen LogP contribution < -0.4 is 14.8 Å². The summed E-state index contributed by atoms with van der Waals surface area (Å²) >= 11 is 0. The zero-order valence-electron chi connectivity index (χ0n) is 17.5. The molecule has 28 heavy (non-hydrogen) atoms. The van der Waals surface area contributed by atoms with Crippen molar-refractivity contribution in [3.63, 3.8) is 0 Å². The van der Waals surface area contributed by atoms with Crippen molar-refractivity contribution in [1.29, 1.82) is 0 Å². The molecule has 0 aliphatic carbocycles. The fourth-order valence-electron chi connectivity index (χ4n) is 3.12. The number of benzene rings is 1. The maximum absolute atomic E-state index is 5.78. The molecule has 0 unspecified atom stereocenters. The number of rotatable bonds is 10. The lowest BCUT2D eigenvalue weighted by Gasteiger charge is -2.26. The number of nitrogens with one attached hydrogen (secondary N) is 1. The van der Waals surface area contributed by atoms with Crippen molar-refractivity contribution in [3.8, 4) is 11.5 Å². The summed E-state index contributed by atoms with van der Waals surface area (Å²) in [7, 11) is 3.78. The summed E-state index contributed by atoms with van der Waals surface area (Å²) in [6, 6.07) is 7.69. The minimum Gasteiger partial charge on any atom is -0.497 e. The van der Waals surface area contributed by atoms with Crippen LogP contribution in [-0.4, -0.2) is 64.5 Å². The second-order valence-electron chi connectivity index (χ2n) is 6.88. The van der Waals surface area contributed by atoms with E-state index < -0.39 is 0 Å². The highest BCUT2D eigenvalue weighted by Gasteiger charge is 2.15. The standard InChI is InChI=1S/C21H35N3O3.HI/c1-4-22-21(24(2)13-9-18-10-15-26-16-11-18)23-12-6-14-27-20-8-5-7-19(17-20)25-3;/h5,7-8,17-18H,4,6,9-16H2,1-3H3,(H,22,23);1H. The molecule has 0 atom stereocenters. The van der Waals surface area contributed by atoms with Crippen LogP contribution in [0.4, 0.5) is 0 Å². The molecule has 1 heterocycles. The maximum Gasteiger partial charge on any atom is 0.193 e. The molecule has 0 spiro atoms. The Morgan fingerprint density at radius 1 is 1.29 bits per heavy atom. The van der Waals surface area contributed by atoms with Crippen LogP contribution in [0.1, 0.15) is 32.6 Å². The van der Waals surface area contributed by atoms with E-state index in [1.807, 2.05) is 24.3 Å². The predicted molar refractivity (Wildman–Crippen MR) is 125 cm³/mol. The first-order chi connectivity index (χ1) is 13.2. The van der Waals surface area contributed by atoms with Gasteiger partial charge >= 0.3 is 0 Å². The highest BCUT2D eigenvalue weighted by Crippen LogP contribution is 2.19. The molecule has 0 aromatic heterocycles. The smallest absolute Gasteiger partial charge is 0.193 e. The highest BCUT2D eigenvalue weighted by molar-refractivity contribution is 14.0. The normalized spacial score (nSPS) is 14.9. The minimum absolute atomic E-state index is 0. The fourth-order valence-corrected chi connectivity index (χ4v) is 3.12. The molecule has 1 aliphatic rings. The Balaban J connectivity index is 0.00000392. The SMILES string of the molecule is CCNC(=NCCCOc1cccc(OC)c1)N(C)CCC1CCOCC1.I. The molecule has 0 amide bonds. The van der Waals surface area contributed by atoms with E-state index in [1.165, 1.54) is 19.3 Å². The first-order valence-electron chi connectivity index (χ1n) is 10.1. The van der Waals surface area contributed by atoms with Crippen LogP contribution in [-0.2, 0) is 4.74 Å². The zero-order chi connectivity index (χ0) is 19.3. The van der Waals surface area contributed by atoms with Crippen LogP contribution >= 0.6 is 24.0 Å². The van der Waals surface area contributed by atoms with Crippen molar-refractivity contribution >= 4 is 29.9 Å². The van der Waals surface area contributed by atoms with Crippen molar-refractivity contribution in [3.05, 3.63) is 24.3 Å². The van der Waals surface area contributed by atoms with Gasteiger partial charge in [-0.05, 0) is 44.2 Å². The van der Waals surface area contributed by atoms with E-state index in [0.717, 1.165) is 62.6 Å². The van der Waals surface area contributed by atoms with Gasteiger partial charge in [-0.3, -0.25) is 4.99 Å². The van der Waals surface area contributed by atoms with Crippen molar-refractivity contribution in [2.24, 2.45) is 10.9 Å². The molecule has 0 radical (unpaired) electrons. The van der Waals surface area contributed by atoms with E-state index in [0.29, 0.717) is 6.61 Å². The van der Waals surface area contributed by atoms with Gasteiger partial charge < -0.3 is 24.4 Å². The Morgan fingerprint density at radius 2 is 2.04 bits per heavy atom. The third-order valence-electron chi connectivity index (χ3n) is 4.78. The van der Waals surface area contributed by atoms with E-state index in [9.17, 15) is 0 Å². The van der Waals surface area contributed by atoms with Gasteiger partial charge in [-0.25, -0.2) is 0 Å². The molecule has 1 saturated heterocycles. The lowest BCUT2D eigenvalue weighted by atomic mass is 9.96. The van der Waals surface area contributed by atoms with E-state index in [4.69, 9.17) is 19.2 Å². The van der Waals surface area contributed by atoms with Crippen LogP contribution in [0.3, 0.4) is 0 Å². The second-order valence-corrected chi connectivity index (χ2v) is 6.88. The molecule has 1 aromatic rings. The van der Waals surface area contributed by atoms with Crippen molar-refractivity contribution in [2.45, 2.75) is 32.6 Å². The topological polar surface area (TPSA) is 55.3 Å². The molecule has 2 rings (SSSR count). The van der Waals surface area contributed by atoms with Gasteiger partial charge in [0.25, 0.3) is 0 Å². The molecular formula is C21H36IN3O3. The molecule has 6 nitrogen and oxygen atoms in total. The largest absolute Gasteiger partial charge is 0.497 e. The van der Waals surface area contributed by atoms with E-state index in [-0.39, 0.29) is 24.0 Å². The molecule has 7 heteroatoms. The summed E-state index contributed by atoms with van der Waals surface area (Å²) in [6.45, 7) is 7.22. The van der Waals surface area contributed by atoms with Gasteiger partial charge in [0.05, 0.1) is 13.7 Å². The average Bonchev–Trinajstić information content (AvgIpc) is 2.72. The summed E-state index contributed by atoms with van der Waals surface area (Å²) in [5.41, 5.74) is 0. The van der Waals surface area contributed by atoms with Gasteiger partial charge in [0.2, 0.25) is 0 Å². The van der Waals surface area contributed by atoms with Crippen molar-refractivity contribution in [2.75, 3.05) is 53.6 Å². The van der Waals surface area contributed by atoms with E-state index in [1.54, 1.807) is 7.11 Å². The number of hydrogen-bond acceptors (Lipinski definition) is 4. The molecule has 160 valence electrons. The van der Waals surface area contributed by atoms with Gasteiger partial charge in [-0.15, -0.1) is 24.0 Å². The number of aliphatic imine (C=N–C) groups is 1. The summed E-state index contributed by atoms with van der Waals surface area (Å²) in [4.78, 5) is 6.98. The van der Waals surface area contributed by atoms with Crippen LogP contribution in [0.25, 0.3) is 0 Å². The van der Waals surface area contributed by atoms with Gasteiger partial charge in [0.15, 0.2) is 5.96 Å².